The number of rotatable bonds is 1. The molecule has 0 bridgehead atoms. The van der Waals surface area contributed by atoms with E-state index in [-0.39, 0.29) is 0 Å². The lowest BCUT2D eigenvalue weighted by atomic mass is 9.77. The molecule has 0 heterocycles. The van der Waals surface area contributed by atoms with Gasteiger partial charge in [0.2, 0.25) is 0 Å². The largest absolute Gasteiger partial charge is 0.328 e. The zero-order chi connectivity index (χ0) is 6.15. The molecule has 0 aromatic heterocycles. The molecule has 0 amide bonds. The minimum atomic E-state index is 0.375. The summed E-state index contributed by atoms with van der Waals surface area (Å²) in [4.78, 5) is 0. The summed E-state index contributed by atoms with van der Waals surface area (Å²) in [6.45, 7) is 5.90. The molecule has 46 valence electrons. The zero-order valence-corrected chi connectivity index (χ0v) is 5.35. The van der Waals surface area contributed by atoms with Crippen LogP contribution in [0.1, 0.15) is 19.8 Å². The topological polar surface area (TPSA) is 26.0 Å². The highest BCUT2D eigenvalue weighted by Crippen LogP contribution is 2.32. The predicted octanol–water partition coefficient (Wildman–Crippen LogP) is 1.30. The lowest BCUT2D eigenvalue weighted by Crippen LogP contribution is -2.32. The molecular formula is C7H13N. The molecule has 1 aliphatic rings. The molecule has 1 unspecified atom stereocenters. The maximum atomic E-state index is 5.62. The molecule has 0 aromatic rings. The normalized spacial score (nSPS) is 25.0. The lowest BCUT2D eigenvalue weighted by molar-refractivity contribution is 0.358. The predicted molar refractivity (Wildman–Crippen MR) is 35.5 cm³/mol. The van der Waals surface area contributed by atoms with Gasteiger partial charge in [0.05, 0.1) is 0 Å². The van der Waals surface area contributed by atoms with Gasteiger partial charge in [-0.25, -0.2) is 0 Å². The summed E-state index contributed by atoms with van der Waals surface area (Å²) in [5.74, 6) is 0.738. The molecule has 1 saturated carbocycles. The third-order valence-corrected chi connectivity index (χ3v) is 1.85. The van der Waals surface area contributed by atoms with Crippen molar-refractivity contribution < 1.29 is 0 Å². The van der Waals surface area contributed by atoms with E-state index in [4.69, 9.17) is 5.73 Å². The van der Waals surface area contributed by atoms with Gasteiger partial charge < -0.3 is 5.73 Å². The van der Waals surface area contributed by atoms with E-state index < -0.39 is 0 Å². The molecule has 1 heteroatoms. The quantitative estimate of drug-likeness (QED) is 0.507. The van der Waals surface area contributed by atoms with Crippen molar-refractivity contribution in [1.29, 1.82) is 0 Å². The van der Waals surface area contributed by atoms with Crippen molar-refractivity contribution in [2.45, 2.75) is 25.8 Å². The Morgan fingerprint density at radius 3 is 2.38 bits per heavy atom. The van der Waals surface area contributed by atoms with Gasteiger partial charge in [-0.2, -0.15) is 0 Å². The molecule has 2 N–H and O–H groups in total. The Morgan fingerprint density at radius 1 is 1.75 bits per heavy atom. The second-order valence-corrected chi connectivity index (χ2v) is 2.78. The van der Waals surface area contributed by atoms with Gasteiger partial charge in [0.1, 0.15) is 0 Å². The van der Waals surface area contributed by atoms with Crippen LogP contribution in [0.2, 0.25) is 0 Å². The number of hydrogen-bond acceptors (Lipinski definition) is 1. The van der Waals surface area contributed by atoms with E-state index in [0.29, 0.717) is 6.04 Å². The molecule has 0 radical (unpaired) electrons. The SMILES string of the molecule is C=C1CC(C(C)N)C1. The fraction of sp³-hybridized carbons (Fsp3) is 0.714. The van der Waals surface area contributed by atoms with Gasteiger partial charge in [0.25, 0.3) is 0 Å². The molecule has 1 atom stereocenters. The Kier molecular flexibility index (Phi) is 1.39. The lowest BCUT2D eigenvalue weighted by Gasteiger charge is -2.31. The Labute approximate surface area is 50.6 Å². The van der Waals surface area contributed by atoms with Crippen molar-refractivity contribution in [3.63, 3.8) is 0 Å². The van der Waals surface area contributed by atoms with Gasteiger partial charge in [-0.05, 0) is 25.7 Å². The van der Waals surface area contributed by atoms with Crippen LogP contribution in [0.15, 0.2) is 12.2 Å². The molecule has 0 aromatic carbocycles. The highest BCUT2D eigenvalue weighted by atomic mass is 14.6. The maximum Gasteiger partial charge on any atom is 0.00448 e. The van der Waals surface area contributed by atoms with Gasteiger partial charge in [-0.1, -0.05) is 12.2 Å². The molecular weight excluding hydrogens is 98.1 g/mol. The minimum absolute atomic E-state index is 0.375. The molecule has 1 fully saturated rings. The summed E-state index contributed by atoms with van der Waals surface area (Å²) in [5.41, 5.74) is 6.99. The molecule has 1 aliphatic carbocycles. The summed E-state index contributed by atoms with van der Waals surface area (Å²) < 4.78 is 0. The number of hydrogen-bond donors (Lipinski definition) is 1. The van der Waals surface area contributed by atoms with Gasteiger partial charge in [-0.3, -0.25) is 0 Å². The zero-order valence-electron chi connectivity index (χ0n) is 5.35. The first-order valence-corrected chi connectivity index (χ1v) is 3.12. The van der Waals surface area contributed by atoms with E-state index in [2.05, 4.69) is 13.5 Å². The smallest absolute Gasteiger partial charge is 0.00448 e. The monoisotopic (exact) mass is 111 g/mol. The van der Waals surface area contributed by atoms with E-state index in [1.165, 1.54) is 5.57 Å². The van der Waals surface area contributed by atoms with Crippen molar-refractivity contribution in [1.82, 2.24) is 0 Å². The van der Waals surface area contributed by atoms with Crippen LogP contribution < -0.4 is 5.73 Å². The van der Waals surface area contributed by atoms with Gasteiger partial charge in [0.15, 0.2) is 0 Å². The van der Waals surface area contributed by atoms with Gasteiger partial charge in [-0.15, -0.1) is 0 Å². The molecule has 0 aliphatic heterocycles. The van der Waals surface area contributed by atoms with E-state index in [9.17, 15) is 0 Å². The highest BCUT2D eigenvalue weighted by molar-refractivity contribution is 5.09. The van der Waals surface area contributed by atoms with Crippen molar-refractivity contribution in [3.8, 4) is 0 Å². The van der Waals surface area contributed by atoms with E-state index in [0.717, 1.165) is 18.8 Å². The molecule has 8 heavy (non-hydrogen) atoms. The van der Waals surface area contributed by atoms with Crippen LogP contribution in [-0.4, -0.2) is 6.04 Å². The van der Waals surface area contributed by atoms with Crippen molar-refractivity contribution in [2.75, 3.05) is 0 Å². The Bertz CT molecular complexity index is 97.0. The summed E-state index contributed by atoms with van der Waals surface area (Å²) in [6, 6.07) is 0.375. The maximum absolute atomic E-state index is 5.62. The third kappa shape index (κ3) is 0.920. The standard InChI is InChI=1S/C7H13N/c1-5-3-7(4-5)6(2)8/h6-7H,1,3-4,8H2,2H3. The van der Waals surface area contributed by atoms with Crippen LogP contribution in [0.25, 0.3) is 0 Å². The minimum Gasteiger partial charge on any atom is -0.328 e. The van der Waals surface area contributed by atoms with E-state index >= 15 is 0 Å². The Hall–Kier alpha value is -0.300. The number of nitrogens with two attached hydrogens (primary N) is 1. The van der Waals surface area contributed by atoms with Gasteiger partial charge in [0, 0.05) is 6.04 Å². The average Bonchev–Trinajstić information content (AvgIpc) is 1.57. The molecule has 0 saturated heterocycles. The van der Waals surface area contributed by atoms with E-state index in [1.807, 2.05) is 0 Å². The second kappa shape index (κ2) is 1.90. The van der Waals surface area contributed by atoms with Gasteiger partial charge >= 0.3 is 0 Å². The summed E-state index contributed by atoms with van der Waals surface area (Å²) in [6.07, 6.45) is 2.33. The first-order chi connectivity index (χ1) is 3.70. The molecule has 1 nitrogen and oxygen atoms in total. The summed E-state index contributed by atoms with van der Waals surface area (Å²) >= 11 is 0. The van der Waals surface area contributed by atoms with Crippen molar-refractivity contribution >= 4 is 0 Å². The summed E-state index contributed by atoms with van der Waals surface area (Å²) in [7, 11) is 0. The number of allylic oxidation sites excluding steroid dienone is 1. The van der Waals surface area contributed by atoms with Crippen LogP contribution in [0.3, 0.4) is 0 Å². The Balaban J connectivity index is 2.25. The van der Waals surface area contributed by atoms with E-state index in [1.54, 1.807) is 0 Å². The average molecular weight is 111 g/mol. The third-order valence-electron chi connectivity index (χ3n) is 1.85. The highest BCUT2D eigenvalue weighted by Gasteiger charge is 2.23. The molecule has 0 spiro atoms. The first-order valence-electron chi connectivity index (χ1n) is 3.12. The van der Waals surface area contributed by atoms with Crippen LogP contribution >= 0.6 is 0 Å². The fourth-order valence-electron chi connectivity index (χ4n) is 1.05. The van der Waals surface area contributed by atoms with Crippen LogP contribution in [0.5, 0.6) is 0 Å². The second-order valence-electron chi connectivity index (χ2n) is 2.78. The van der Waals surface area contributed by atoms with Crippen molar-refractivity contribution in [3.05, 3.63) is 12.2 Å². The van der Waals surface area contributed by atoms with Crippen LogP contribution in [-0.2, 0) is 0 Å². The van der Waals surface area contributed by atoms with Crippen molar-refractivity contribution in [2.24, 2.45) is 11.7 Å². The van der Waals surface area contributed by atoms with Crippen LogP contribution in [0.4, 0.5) is 0 Å². The Morgan fingerprint density at radius 2 is 2.25 bits per heavy atom. The van der Waals surface area contributed by atoms with Crippen LogP contribution in [0, 0.1) is 5.92 Å². The first kappa shape index (κ1) is 5.83. The fourth-order valence-corrected chi connectivity index (χ4v) is 1.05. The molecule has 1 rings (SSSR count). The summed E-state index contributed by atoms with van der Waals surface area (Å²) in [5, 5.41) is 0.